The van der Waals surface area contributed by atoms with Gasteiger partial charge < -0.3 is 15.8 Å². The number of nitrogens with zero attached hydrogens (tertiary/aromatic N) is 1. The standard InChI is InChI=1S/C25H23N3O4/c1-14-11-12-17-16(13-14)25(24(31)27-17)20-18(9-6-10-19(20)29)28(15-7-4-3-5-8-15)22(26)21(25)23(30)32-2/h3-5,7-8,11-13H,6,9-10,26H2,1-2H3,(H,27,31). The van der Waals surface area contributed by atoms with Gasteiger partial charge in [0.15, 0.2) is 5.78 Å². The van der Waals surface area contributed by atoms with E-state index in [1.165, 1.54) is 7.11 Å². The Morgan fingerprint density at radius 2 is 1.88 bits per heavy atom. The summed E-state index contributed by atoms with van der Waals surface area (Å²) in [6, 6.07) is 14.8. The smallest absolute Gasteiger partial charge is 0.339 e. The van der Waals surface area contributed by atoms with Crippen molar-refractivity contribution in [3.05, 3.63) is 82.3 Å². The number of nitrogens with one attached hydrogen (secondary N) is 1. The van der Waals surface area contributed by atoms with Gasteiger partial charge in [0.1, 0.15) is 16.8 Å². The lowest BCUT2D eigenvalue weighted by atomic mass is 9.63. The van der Waals surface area contributed by atoms with E-state index < -0.39 is 17.3 Å². The van der Waals surface area contributed by atoms with Gasteiger partial charge in [-0.05, 0) is 38.0 Å². The highest BCUT2D eigenvalue weighted by molar-refractivity contribution is 6.23. The van der Waals surface area contributed by atoms with Crippen LogP contribution in [0.4, 0.5) is 11.4 Å². The molecule has 2 aromatic carbocycles. The second kappa shape index (κ2) is 7.09. The number of para-hydroxylation sites is 1. The molecule has 1 atom stereocenters. The van der Waals surface area contributed by atoms with Crippen molar-refractivity contribution in [2.75, 3.05) is 17.3 Å². The molecular formula is C25H23N3O4. The van der Waals surface area contributed by atoms with Crippen molar-refractivity contribution >= 4 is 29.0 Å². The number of Topliss-reactive ketones (excluding diaryl/α,β-unsaturated/α-hetero) is 1. The predicted octanol–water partition coefficient (Wildman–Crippen LogP) is 3.06. The highest BCUT2D eigenvalue weighted by Crippen LogP contribution is 2.55. The molecule has 5 rings (SSSR count). The SMILES string of the molecule is COC(=O)C1=C(N)N(c2ccccc2)C2=C(C(=O)CCC2)C12C(=O)Nc1ccc(C)cc12. The average molecular weight is 429 g/mol. The van der Waals surface area contributed by atoms with E-state index >= 15 is 0 Å². The zero-order chi connectivity index (χ0) is 22.6. The molecule has 7 heteroatoms. The molecule has 0 bridgehead atoms. The molecule has 0 saturated heterocycles. The highest BCUT2D eigenvalue weighted by Gasteiger charge is 2.61. The quantitative estimate of drug-likeness (QED) is 0.712. The summed E-state index contributed by atoms with van der Waals surface area (Å²) < 4.78 is 5.12. The number of allylic oxidation sites excluding steroid dienone is 1. The molecule has 3 N–H and O–H groups in total. The zero-order valence-corrected chi connectivity index (χ0v) is 17.9. The van der Waals surface area contributed by atoms with Crippen molar-refractivity contribution in [2.24, 2.45) is 5.73 Å². The van der Waals surface area contributed by atoms with Gasteiger partial charge in [0.05, 0.1) is 7.11 Å². The number of fused-ring (bicyclic) bond motifs is 3. The van der Waals surface area contributed by atoms with Crippen molar-refractivity contribution in [3.63, 3.8) is 0 Å². The van der Waals surface area contributed by atoms with E-state index in [9.17, 15) is 14.4 Å². The van der Waals surface area contributed by atoms with E-state index in [-0.39, 0.29) is 17.2 Å². The molecule has 0 saturated carbocycles. The molecule has 0 aromatic heterocycles. The zero-order valence-electron chi connectivity index (χ0n) is 17.9. The van der Waals surface area contributed by atoms with Crippen molar-refractivity contribution < 1.29 is 19.1 Å². The number of esters is 1. The summed E-state index contributed by atoms with van der Waals surface area (Å²) in [6.45, 7) is 1.90. The predicted molar refractivity (Wildman–Crippen MR) is 120 cm³/mol. The Kier molecular flexibility index (Phi) is 4.44. The Labute approximate surface area is 185 Å². The maximum absolute atomic E-state index is 13.7. The van der Waals surface area contributed by atoms with Crippen molar-refractivity contribution in [3.8, 4) is 0 Å². The highest BCUT2D eigenvalue weighted by atomic mass is 16.5. The van der Waals surface area contributed by atoms with E-state index in [4.69, 9.17) is 10.5 Å². The first kappa shape index (κ1) is 20.1. The fourth-order valence-electron chi connectivity index (χ4n) is 5.19. The minimum atomic E-state index is -1.64. The first-order chi connectivity index (χ1) is 15.4. The van der Waals surface area contributed by atoms with Gasteiger partial charge in [0.2, 0.25) is 5.91 Å². The molecule has 3 aliphatic rings. The molecule has 1 aliphatic carbocycles. The number of methoxy groups -OCH3 is 1. The number of ether oxygens (including phenoxy) is 1. The summed E-state index contributed by atoms with van der Waals surface area (Å²) in [5.74, 6) is -1.26. The molecule has 1 spiro atoms. The molecular weight excluding hydrogens is 406 g/mol. The van der Waals surface area contributed by atoms with Gasteiger partial charge >= 0.3 is 5.97 Å². The first-order valence-corrected chi connectivity index (χ1v) is 10.5. The van der Waals surface area contributed by atoms with Crippen LogP contribution in [0.2, 0.25) is 0 Å². The van der Waals surface area contributed by atoms with E-state index in [1.807, 2.05) is 49.4 Å². The molecule has 1 unspecified atom stereocenters. The number of ketones is 1. The topological polar surface area (TPSA) is 102 Å². The third-order valence-electron chi connectivity index (χ3n) is 6.47. The Morgan fingerprint density at radius 3 is 2.59 bits per heavy atom. The molecule has 0 fully saturated rings. The number of hydrogen-bond donors (Lipinski definition) is 2. The van der Waals surface area contributed by atoms with E-state index in [0.29, 0.717) is 47.5 Å². The Morgan fingerprint density at radius 1 is 1.12 bits per heavy atom. The number of benzene rings is 2. The molecule has 2 heterocycles. The van der Waals surface area contributed by atoms with Crippen LogP contribution in [0.3, 0.4) is 0 Å². The molecule has 2 aliphatic heterocycles. The van der Waals surface area contributed by atoms with Crippen LogP contribution in [-0.2, 0) is 24.5 Å². The second-order valence-electron chi connectivity index (χ2n) is 8.27. The lowest BCUT2D eigenvalue weighted by Gasteiger charge is -2.44. The third kappa shape index (κ3) is 2.51. The maximum Gasteiger partial charge on any atom is 0.339 e. The number of carbonyl (C=O) groups excluding carboxylic acids is 3. The largest absolute Gasteiger partial charge is 0.466 e. The summed E-state index contributed by atoms with van der Waals surface area (Å²) >= 11 is 0. The third-order valence-corrected chi connectivity index (χ3v) is 6.47. The van der Waals surface area contributed by atoms with Crippen molar-refractivity contribution in [2.45, 2.75) is 31.6 Å². The molecule has 1 amide bonds. The van der Waals surface area contributed by atoms with Gasteiger partial charge in [-0.25, -0.2) is 4.79 Å². The van der Waals surface area contributed by atoms with Crippen molar-refractivity contribution in [1.82, 2.24) is 0 Å². The normalized spacial score (nSPS) is 22.1. The number of hydrogen-bond acceptors (Lipinski definition) is 6. The number of anilines is 2. The Hall–Kier alpha value is -3.87. The van der Waals surface area contributed by atoms with Crippen LogP contribution in [0.5, 0.6) is 0 Å². The first-order valence-electron chi connectivity index (χ1n) is 10.5. The van der Waals surface area contributed by atoms with Crippen LogP contribution in [0.1, 0.15) is 30.4 Å². The lowest BCUT2D eigenvalue weighted by Crippen LogP contribution is -2.53. The summed E-state index contributed by atoms with van der Waals surface area (Å²) in [5.41, 5.74) is 8.70. The second-order valence-corrected chi connectivity index (χ2v) is 8.27. The Balaban J connectivity index is 1.93. The number of rotatable bonds is 2. The molecule has 0 radical (unpaired) electrons. The Bertz CT molecular complexity index is 1250. The minimum Gasteiger partial charge on any atom is -0.466 e. The summed E-state index contributed by atoms with van der Waals surface area (Å²) in [5, 5.41) is 2.88. The van der Waals surface area contributed by atoms with Crippen LogP contribution in [0, 0.1) is 6.92 Å². The molecule has 2 aromatic rings. The van der Waals surface area contributed by atoms with Gasteiger partial charge in [0.25, 0.3) is 0 Å². The molecule has 162 valence electrons. The number of nitrogens with two attached hydrogens (primary N) is 1. The van der Waals surface area contributed by atoms with Gasteiger partial charge in [0, 0.05) is 34.6 Å². The van der Waals surface area contributed by atoms with Gasteiger partial charge in [-0.3, -0.25) is 14.5 Å². The molecule has 32 heavy (non-hydrogen) atoms. The monoisotopic (exact) mass is 429 g/mol. The minimum absolute atomic E-state index is 0.0281. The van der Waals surface area contributed by atoms with E-state index in [1.54, 1.807) is 11.0 Å². The van der Waals surface area contributed by atoms with Gasteiger partial charge in [-0.1, -0.05) is 35.9 Å². The number of amides is 1. The van der Waals surface area contributed by atoms with Gasteiger partial charge in [-0.15, -0.1) is 0 Å². The van der Waals surface area contributed by atoms with Crippen LogP contribution >= 0.6 is 0 Å². The number of aryl methyl sites for hydroxylation is 1. The summed E-state index contributed by atoms with van der Waals surface area (Å²) in [4.78, 5) is 42.2. The van der Waals surface area contributed by atoms with Gasteiger partial charge in [-0.2, -0.15) is 0 Å². The maximum atomic E-state index is 13.7. The fourth-order valence-corrected chi connectivity index (χ4v) is 5.19. The van der Waals surface area contributed by atoms with Crippen molar-refractivity contribution in [1.29, 1.82) is 0 Å². The fraction of sp³-hybridized carbons (Fsp3) is 0.240. The van der Waals surface area contributed by atoms with Crippen LogP contribution in [-0.4, -0.2) is 24.8 Å². The number of carbonyl (C=O) groups is 3. The summed E-state index contributed by atoms with van der Waals surface area (Å²) in [6.07, 6.45) is 1.49. The molecule has 7 nitrogen and oxygen atoms in total. The van der Waals surface area contributed by atoms with Crippen LogP contribution < -0.4 is 16.0 Å². The van der Waals surface area contributed by atoms with E-state index in [0.717, 1.165) is 5.56 Å². The van der Waals surface area contributed by atoms with E-state index in [2.05, 4.69) is 5.32 Å². The lowest BCUT2D eigenvalue weighted by molar-refractivity contribution is -0.138. The van der Waals surface area contributed by atoms with Crippen LogP contribution in [0.15, 0.2) is 71.2 Å². The average Bonchev–Trinajstić information content (AvgIpc) is 3.06. The van der Waals surface area contributed by atoms with Crippen LogP contribution in [0.25, 0.3) is 0 Å². The summed E-state index contributed by atoms with van der Waals surface area (Å²) in [7, 11) is 1.25.